The molecule has 0 amide bonds. The molecule has 1 saturated carbocycles. The Morgan fingerprint density at radius 3 is 2.27 bits per heavy atom. The molecule has 0 aliphatic heterocycles. The molecule has 0 radical (unpaired) electrons. The SMILES string of the molecule is CC(C)(C)c1cc(O)c(S(=O)(=O)NC2CC(O)C2)cc1Oc1c(Cl)cc(-n2nc(C(F)F)c(=O)[nH]c2=O)cc1Cl. The summed E-state index contributed by atoms with van der Waals surface area (Å²) in [7, 11) is -4.23. The van der Waals surface area contributed by atoms with E-state index in [1.165, 1.54) is 6.07 Å². The highest BCUT2D eigenvalue weighted by Crippen LogP contribution is 2.44. The minimum Gasteiger partial charge on any atom is -0.507 e. The van der Waals surface area contributed by atoms with Crippen molar-refractivity contribution in [3.05, 3.63) is 66.4 Å². The molecule has 0 saturated heterocycles. The molecule has 0 spiro atoms. The van der Waals surface area contributed by atoms with E-state index in [1.54, 1.807) is 25.8 Å². The summed E-state index contributed by atoms with van der Waals surface area (Å²) in [6.45, 7) is 5.37. The van der Waals surface area contributed by atoms with Crippen LogP contribution in [0.5, 0.6) is 17.2 Å². The van der Waals surface area contributed by atoms with E-state index in [-0.39, 0.29) is 40.1 Å². The Hall–Kier alpha value is -3.04. The van der Waals surface area contributed by atoms with Crippen LogP contribution in [0, 0.1) is 0 Å². The van der Waals surface area contributed by atoms with Gasteiger partial charge in [-0.25, -0.2) is 26.7 Å². The molecular formula is C24H24Cl2F2N4O7S. The number of ether oxygens (including phenoxy) is 1. The minimum atomic E-state index is -4.23. The lowest BCUT2D eigenvalue weighted by Gasteiger charge is -2.32. The number of phenolic OH excluding ortho intramolecular Hbond substituents is 1. The number of benzene rings is 2. The number of aliphatic hydroxyl groups is 1. The standard InChI is InChI=1S/C24H24Cl2F2N4O7S/c1-24(2,3)13-8-16(34)18(40(37,38)31-10-4-12(33)5-10)9-17(13)39-20-14(25)6-11(7-15(20)26)32-23(36)29-22(35)19(30-32)21(27)28/h6-10,12,21,31,33-34H,4-5H2,1-3H3,(H,29,35,36). The van der Waals surface area contributed by atoms with E-state index in [9.17, 15) is 37.0 Å². The monoisotopic (exact) mass is 620 g/mol. The van der Waals surface area contributed by atoms with E-state index in [0.29, 0.717) is 10.2 Å². The van der Waals surface area contributed by atoms with Gasteiger partial charge in [0, 0.05) is 17.7 Å². The van der Waals surface area contributed by atoms with Gasteiger partial charge >= 0.3 is 5.69 Å². The number of aromatic hydroxyl groups is 1. The molecule has 1 heterocycles. The van der Waals surface area contributed by atoms with Crippen LogP contribution in [0.3, 0.4) is 0 Å². The van der Waals surface area contributed by atoms with E-state index >= 15 is 0 Å². The molecule has 4 rings (SSSR count). The Balaban J connectivity index is 1.78. The molecule has 1 fully saturated rings. The first-order valence-electron chi connectivity index (χ1n) is 11.7. The fourth-order valence-corrected chi connectivity index (χ4v) is 5.92. The third-order valence-corrected chi connectivity index (χ3v) is 8.20. The van der Waals surface area contributed by atoms with E-state index in [0.717, 1.165) is 18.2 Å². The number of H-pyrrole nitrogens is 1. The summed E-state index contributed by atoms with van der Waals surface area (Å²) in [4.78, 5) is 25.1. The Labute approximate surface area is 236 Å². The van der Waals surface area contributed by atoms with Crippen LogP contribution in [-0.4, -0.2) is 45.5 Å². The quantitative estimate of drug-likeness (QED) is 0.310. The lowest BCUT2D eigenvalue weighted by atomic mass is 9.86. The van der Waals surface area contributed by atoms with Crippen LogP contribution in [0.1, 0.15) is 51.3 Å². The van der Waals surface area contributed by atoms with Crippen LogP contribution < -0.4 is 20.7 Å². The van der Waals surface area contributed by atoms with Crippen molar-refractivity contribution < 1.29 is 32.1 Å². The highest BCUT2D eigenvalue weighted by atomic mass is 35.5. The van der Waals surface area contributed by atoms with Gasteiger partial charge in [0.2, 0.25) is 10.0 Å². The first-order chi connectivity index (χ1) is 18.5. The molecule has 0 unspecified atom stereocenters. The van der Waals surface area contributed by atoms with Gasteiger partial charge in [0.25, 0.3) is 12.0 Å². The van der Waals surface area contributed by atoms with Crippen LogP contribution >= 0.6 is 23.2 Å². The van der Waals surface area contributed by atoms with Gasteiger partial charge in [0.1, 0.15) is 16.4 Å². The van der Waals surface area contributed by atoms with Crippen LogP contribution in [-0.2, 0) is 15.4 Å². The van der Waals surface area contributed by atoms with Crippen LogP contribution in [0.2, 0.25) is 10.0 Å². The maximum absolute atomic E-state index is 13.2. The smallest absolute Gasteiger partial charge is 0.349 e. The Bertz CT molecular complexity index is 1680. The van der Waals surface area contributed by atoms with Crippen molar-refractivity contribution in [2.45, 2.75) is 62.5 Å². The number of rotatable bonds is 7. The number of nitrogens with zero attached hydrogens (tertiary/aromatic N) is 2. The van der Waals surface area contributed by atoms with Crippen molar-refractivity contribution in [2.24, 2.45) is 0 Å². The third kappa shape index (κ3) is 6.00. The van der Waals surface area contributed by atoms with Gasteiger partial charge in [-0.05, 0) is 36.5 Å². The second kappa shape index (κ2) is 10.7. The molecule has 1 aromatic heterocycles. The fraction of sp³-hybridized carbons (Fsp3) is 0.375. The first kappa shape index (κ1) is 29.9. The van der Waals surface area contributed by atoms with E-state index in [4.69, 9.17) is 27.9 Å². The molecule has 1 aliphatic rings. The molecule has 11 nitrogen and oxygen atoms in total. The second-order valence-electron chi connectivity index (χ2n) is 10.2. The van der Waals surface area contributed by atoms with Crippen molar-refractivity contribution in [1.29, 1.82) is 0 Å². The average Bonchev–Trinajstić information content (AvgIpc) is 2.79. The van der Waals surface area contributed by atoms with E-state index in [2.05, 4.69) is 9.82 Å². The molecule has 0 atom stereocenters. The number of nitrogens with one attached hydrogen (secondary N) is 2. The van der Waals surface area contributed by atoms with Gasteiger partial charge in [0.15, 0.2) is 11.4 Å². The van der Waals surface area contributed by atoms with Gasteiger partial charge < -0.3 is 14.9 Å². The zero-order chi connectivity index (χ0) is 29.7. The number of phenols is 1. The van der Waals surface area contributed by atoms with Gasteiger partial charge in [0.05, 0.1) is 21.8 Å². The number of alkyl halides is 2. The van der Waals surface area contributed by atoms with Gasteiger partial charge in [-0.15, -0.1) is 0 Å². The van der Waals surface area contributed by atoms with E-state index in [1.807, 2.05) is 0 Å². The molecule has 40 heavy (non-hydrogen) atoms. The number of hydrogen-bond donors (Lipinski definition) is 4. The maximum atomic E-state index is 13.2. The third-order valence-electron chi connectivity index (χ3n) is 6.09. The Kier molecular flexibility index (Phi) is 8.04. The van der Waals surface area contributed by atoms with Crippen LogP contribution in [0.15, 0.2) is 38.8 Å². The van der Waals surface area contributed by atoms with Gasteiger partial charge in [-0.2, -0.15) is 9.78 Å². The molecule has 3 aromatic rings. The molecule has 2 aromatic carbocycles. The lowest BCUT2D eigenvalue weighted by Crippen LogP contribution is -2.46. The summed E-state index contributed by atoms with van der Waals surface area (Å²) in [5.74, 6) is -0.723. The molecule has 1 aliphatic carbocycles. The molecule has 16 heteroatoms. The summed E-state index contributed by atoms with van der Waals surface area (Å²) in [6.07, 6.45) is -3.41. The molecule has 216 valence electrons. The molecular weight excluding hydrogens is 597 g/mol. The zero-order valence-electron chi connectivity index (χ0n) is 21.2. The summed E-state index contributed by atoms with van der Waals surface area (Å²) in [5, 5.41) is 23.1. The van der Waals surface area contributed by atoms with Crippen LogP contribution in [0.4, 0.5) is 8.78 Å². The average molecular weight is 621 g/mol. The summed E-state index contributed by atoms with van der Waals surface area (Å²) >= 11 is 12.8. The number of sulfonamides is 1. The van der Waals surface area contributed by atoms with E-state index < -0.39 is 61.6 Å². The van der Waals surface area contributed by atoms with Crippen molar-refractivity contribution in [3.63, 3.8) is 0 Å². The highest BCUT2D eigenvalue weighted by Gasteiger charge is 2.34. The van der Waals surface area contributed by atoms with Crippen LogP contribution in [0.25, 0.3) is 5.69 Å². The minimum absolute atomic E-state index is 0.0183. The first-order valence-corrected chi connectivity index (χ1v) is 14.0. The predicted molar refractivity (Wildman–Crippen MR) is 142 cm³/mol. The second-order valence-corrected chi connectivity index (χ2v) is 12.7. The largest absolute Gasteiger partial charge is 0.507 e. The summed E-state index contributed by atoms with van der Waals surface area (Å²) in [5.41, 5.74) is -4.10. The van der Waals surface area contributed by atoms with Crippen molar-refractivity contribution in [1.82, 2.24) is 19.5 Å². The van der Waals surface area contributed by atoms with Gasteiger partial charge in [-0.1, -0.05) is 44.0 Å². The topological polar surface area (TPSA) is 164 Å². The molecule has 4 N–H and O–H groups in total. The maximum Gasteiger partial charge on any atom is 0.349 e. The molecule has 0 bridgehead atoms. The fourth-order valence-electron chi connectivity index (χ4n) is 4.01. The summed E-state index contributed by atoms with van der Waals surface area (Å²) in [6, 6.07) is 4.10. The summed E-state index contributed by atoms with van der Waals surface area (Å²) < 4.78 is 61.2. The number of aliphatic hydroxyl groups excluding tert-OH is 1. The van der Waals surface area contributed by atoms with Crippen molar-refractivity contribution >= 4 is 33.2 Å². The number of aromatic nitrogens is 3. The van der Waals surface area contributed by atoms with Crippen molar-refractivity contribution in [2.75, 3.05) is 0 Å². The van der Waals surface area contributed by atoms with Gasteiger partial charge in [-0.3, -0.25) is 9.78 Å². The Morgan fingerprint density at radius 1 is 1.15 bits per heavy atom. The number of halogens is 4. The van der Waals surface area contributed by atoms with Crippen molar-refractivity contribution in [3.8, 4) is 22.9 Å². The lowest BCUT2D eigenvalue weighted by molar-refractivity contribution is 0.0712. The Morgan fingerprint density at radius 2 is 1.75 bits per heavy atom. The predicted octanol–water partition coefficient (Wildman–Crippen LogP) is 3.76. The number of hydrogen-bond acceptors (Lipinski definition) is 8. The normalized spacial score (nSPS) is 17.6. The zero-order valence-corrected chi connectivity index (χ0v) is 23.5. The highest BCUT2D eigenvalue weighted by molar-refractivity contribution is 7.89. The number of aromatic amines is 1.